The number of benzene rings is 1. The van der Waals surface area contributed by atoms with Gasteiger partial charge in [-0.1, -0.05) is 17.7 Å². The van der Waals surface area contributed by atoms with E-state index in [9.17, 15) is 18.4 Å². The summed E-state index contributed by atoms with van der Waals surface area (Å²) in [6.45, 7) is 1.90. The maximum atomic E-state index is 14.0. The Labute approximate surface area is 215 Å². The SMILES string of the molecule is CC(=O)OCC[C@@H]1C[C@@H](c2ccc(F)c(F)c2)[C@H](NC(=O)c2cc(-c3c(Cl)cnn3C)c(Cl)o2)CN1. The van der Waals surface area contributed by atoms with Crippen LogP contribution in [0.15, 0.2) is 34.9 Å². The lowest BCUT2D eigenvalue weighted by Gasteiger charge is -2.37. The van der Waals surface area contributed by atoms with Crippen molar-refractivity contribution in [1.29, 1.82) is 0 Å². The molecule has 0 aliphatic carbocycles. The number of nitrogens with one attached hydrogen (secondary N) is 2. The van der Waals surface area contributed by atoms with Crippen LogP contribution in [0.1, 0.15) is 41.8 Å². The summed E-state index contributed by atoms with van der Waals surface area (Å²) in [6, 6.07) is 4.65. The van der Waals surface area contributed by atoms with Gasteiger partial charge in [-0.2, -0.15) is 5.10 Å². The smallest absolute Gasteiger partial charge is 0.302 e. The molecule has 2 aromatic heterocycles. The fourth-order valence-electron chi connectivity index (χ4n) is 4.41. The van der Waals surface area contributed by atoms with Crippen molar-refractivity contribution in [3.8, 4) is 11.3 Å². The third kappa shape index (κ3) is 5.71. The first-order valence-electron chi connectivity index (χ1n) is 11.2. The third-order valence-corrected chi connectivity index (χ3v) is 6.73. The molecule has 192 valence electrons. The molecule has 0 unspecified atom stereocenters. The molecule has 1 aliphatic heterocycles. The highest BCUT2D eigenvalue weighted by atomic mass is 35.5. The number of hydrogen-bond donors (Lipinski definition) is 2. The second kappa shape index (κ2) is 11.0. The summed E-state index contributed by atoms with van der Waals surface area (Å²) in [5, 5.41) is 10.6. The van der Waals surface area contributed by atoms with Crippen molar-refractivity contribution in [2.45, 2.75) is 37.8 Å². The maximum Gasteiger partial charge on any atom is 0.302 e. The van der Waals surface area contributed by atoms with Gasteiger partial charge >= 0.3 is 5.97 Å². The summed E-state index contributed by atoms with van der Waals surface area (Å²) in [6.07, 6.45) is 2.48. The van der Waals surface area contributed by atoms with Gasteiger partial charge in [0.15, 0.2) is 17.4 Å². The Bertz CT molecular complexity index is 1260. The average molecular weight is 541 g/mol. The number of ether oxygens (including phenoxy) is 1. The molecular formula is C24H24Cl2F2N4O4. The van der Waals surface area contributed by atoms with E-state index in [0.717, 1.165) is 12.1 Å². The van der Waals surface area contributed by atoms with Gasteiger partial charge in [-0.25, -0.2) is 8.78 Å². The monoisotopic (exact) mass is 540 g/mol. The molecule has 4 rings (SSSR count). The lowest BCUT2D eigenvalue weighted by atomic mass is 9.81. The fraction of sp³-hybridized carbons (Fsp3) is 0.375. The number of carbonyl (C=O) groups excluding carboxylic acids is 2. The minimum Gasteiger partial charge on any atom is -0.466 e. The molecule has 36 heavy (non-hydrogen) atoms. The number of esters is 1. The largest absolute Gasteiger partial charge is 0.466 e. The number of halogens is 4. The maximum absolute atomic E-state index is 14.0. The minimum atomic E-state index is -0.969. The van der Waals surface area contributed by atoms with E-state index in [-0.39, 0.29) is 35.5 Å². The predicted octanol–water partition coefficient (Wildman–Crippen LogP) is 4.46. The Morgan fingerprint density at radius 3 is 2.72 bits per heavy atom. The summed E-state index contributed by atoms with van der Waals surface area (Å²) in [5.74, 6) is -3.21. The number of piperidine rings is 1. The van der Waals surface area contributed by atoms with Crippen molar-refractivity contribution in [2.75, 3.05) is 13.2 Å². The van der Waals surface area contributed by atoms with Gasteiger partial charge in [-0.3, -0.25) is 14.3 Å². The predicted molar refractivity (Wildman–Crippen MR) is 129 cm³/mol. The van der Waals surface area contributed by atoms with E-state index in [4.69, 9.17) is 32.4 Å². The van der Waals surface area contributed by atoms with Gasteiger partial charge in [0.05, 0.1) is 29.1 Å². The van der Waals surface area contributed by atoms with E-state index in [1.54, 1.807) is 7.05 Å². The molecule has 2 N–H and O–H groups in total. The molecule has 1 fully saturated rings. The number of aryl methyl sites for hydroxylation is 1. The Hall–Kier alpha value is -2.95. The zero-order valence-electron chi connectivity index (χ0n) is 19.5. The molecule has 0 radical (unpaired) electrons. The van der Waals surface area contributed by atoms with Gasteiger partial charge in [0.2, 0.25) is 5.22 Å². The van der Waals surface area contributed by atoms with E-state index in [1.165, 1.54) is 29.9 Å². The lowest BCUT2D eigenvalue weighted by Crippen LogP contribution is -2.53. The number of aromatic nitrogens is 2. The van der Waals surface area contributed by atoms with Crippen molar-refractivity contribution in [1.82, 2.24) is 20.4 Å². The number of nitrogens with zero attached hydrogens (tertiary/aromatic N) is 2. The molecule has 1 aliphatic rings. The Kier molecular flexibility index (Phi) is 7.97. The second-order valence-corrected chi connectivity index (χ2v) is 9.34. The van der Waals surface area contributed by atoms with Crippen molar-refractivity contribution >= 4 is 35.1 Å². The Morgan fingerprint density at radius 1 is 1.28 bits per heavy atom. The molecule has 8 nitrogen and oxygen atoms in total. The molecule has 0 saturated carbocycles. The van der Waals surface area contributed by atoms with Crippen molar-refractivity contribution in [3.05, 3.63) is 63.7 Å². The molecule has 3 heterocycles. The lowest BCUT2D eigenvalue weighted by molar-refractivity contribution is -0.141. The van der Waals surface area contributed by atoms with E-state index in [2.05, 4.69) is 15.7 Å². The number of hydrogen-bond acceptors (Lipinski definition) is 6. The van der Waals surface area contributed by atoms with Crippen LogP contribution < -0.4 is 10.6 Å². The normalized spacial score (nSPS) is 19.8. The Balaban J connectivity index is 1.54. The highest BCUT2D eigenvalue weighted by Gasteiger charge is 2.34. The molecule has 12 heteroatoms. The van der Waals surface area contributed by atoms with Gasteiger partial charge in [-0.05, 0) is 42.1 Å². The summed E-state index contributed by atoms with van der Waals surface area (Å²) in [7, 11) is 1.68. The number of carbonyl (C=O) groups is 2. The van der Waals surface area contributed by atoms with Crippen molar-refractivity contribution in [3.63, 3.8) is 0 Å². The molecule has 0 bridgehead atoms. The summed E-state index contributed by atoms with van der Waals surface area (Å²) >= 11 is 12.4. The second-order valence-electron chi connectivity index (χ2n) is 8.59. The van der Waals surface area contributed by atoms with Crippen LogP contribution in [0, 0.1) is 11.6 Å². The molecule has 1 amide bonds. The first kappa shape index (κ1) is 26.1. The van der Waals surface area contributed by atoms with Gasteiger partial charge in [0, 0.05) is 44.6 Å². The highest BCUT2D eigenvalue weighted by molar-refractivity contribution is 6.35. The van der Waals surface area contributed by atoms with E-state index in [0.29, 0.717) is 41.2 Å². The number of furan rings is 1. The average Bonchev–Trinajstić information content (AvgIpc) is 3.37. The zero-order valence-corrected chi connectivity index (χ0v) is 21.0. The van der Waals surface area contributed by atoms with Crippen LogP contribution >= 0.6 is 23.2 Å². The fourth-order valence-corrected chi connectivity index (χ4v) is 4.91. The Morgan fingerprint density at radius 2 is 2.06 bits per heavy atom. The van der Waals surface area contributed by atoms with Gasteiger partial charge in [0.1, 0.15) is 0 Å². The van der Waals surface area contributed by atoms with Crippen LogP contribution in [0.4, 0.5) is 8.78 Å². The van der Waals surface area contributed by atoms with Crippen molar-refractivity contribution in [2.24, 2.45) is 7.05 Å². The molecule has 1 aromatic carbocycles. The van der Waals surface area contributed by atoms with Crippen LogP contribution in [-0.4, -0.2) is 46.9 Å². The van der Waals surface area contributed by atoms with E-state index < -0.39 is 23.6 Å². The van der Waals surface area contributed by atoms with Crippen LogP contribution in [-0.2, 0) is 16.6 Å². The van der Waals surface area contributed by atoms with Crippen LogP contribution in [0.25, 0.3) is 11.3 Å². The zero-order chi connectivity index (χ0) is 26.0. The summed E-state index contributed by atoms with van der Waals surface area (Å²) in [5.41, 5.74) is 1.45. The number of amides is 1. The van der Waals surface area contributed by atoms with E-state index in [1.807, 2.05) is 0 Å². The topological polar surface area (TPSA) is 98.4 Å². The summed E-state index contributed by atoms with van der Waals surface area (Å²) in [4.78, 5) is 24.2. The first-order chi connectivity index (χ1) is 17.1. The summed E-state index contributed by atoms with van der Waals surface area (Å²) < 4.78 is 39.7. The van der Waals surface area contributed by atoms with Gasteiger partial charge in [0.25, 0.3) is 5.91 Å². The van der Waals surface area contributed by atoms with Gasteiger partial charge < -0.3 is 19.8 Å². The highest BCUT2D eigenvalue weighted by Crippen LogP contribution is 2.36. The van der Waals surface area contributed by atoms with Crippen LogP contribution in [0.5, 0.6) is 0 Å². The molecule has 1 saturated heterocycles. The van der Waals surface area contributed by atoms with E-state index >= 15 is 0 Å². The van der Waals surface area contributed by atoms with Crippen molar-refractivity contribution < 1.29 is 27.5 Å². The first-order valence-corrected chi connectivity index (χ1v) is 12.0. The molecular weight excluding hydrogens is 517 g/mol. The number of rotatable bonds is 7. The molecule has 3 aromatic rings. The standard InChI is InChI=1S/C24H24Cl2F2N4O4/c1-12(33)35-6-5-14-8-15(13-3-4-18(27)19(28)7-13)20(11-29-14)31-24(34)21-9-16(23(26)36-21)22-17(25)10-30-32(22)2/h3-4,7,9-10,14-15,20,29H,5-6,8,11H2,1-2H3,(H,31,34)/t14-,15+,20-/m1/s1. The quantitative estimate of drug-likeness (QED) is 0.429. The molecule has 0 spiro atoms. The van der Waals surface area contributed by atoms with Crippen LogP contribution in [0.3, 0.4) is 0 Å². The van der Waals surface area contributed by atoms with Crippen LogP contribution in [0.2, 0.25) is 10.2 Å². The third-order valence-electron chi connectivity index (χ3n) is 6.17. The van der Waals surface area contributed by atoms with Gasteiger partial charge in [-0.15, -0.1) is 0 Å². The molecule has 3 atom stereocenters. The minimum absolute atomic E-state index is 0.0184.